The lowest BCUT2D eigenvalue weighted by molar-refractivity contribution is -0.114. The topological polar surface area (TPSA) is 68.2 Å². The highest BCUT2D eigenvalue weighted by Crippen LogP contribution is 2.24. The number of aryl methyl sites for hydroxylation is 1. The van der Waals surface area contributed by atoms with Crippen LogP contribution < -0.4 is 15.4 Å². The molecule has 0 atom stereocenters. The van der Waals surface area contributed by atoms with Gasteiger partial charge in [-0.05, 0) is 38.1 Å². The molecule has 6 heteroatoms. The monoisotopic (exact) mass is 350 g/mol. The second-order valence-electron chi connectivity index (χ2n) is 5.90. The number of hydrogen-bond acceptors (Lipinski definition) is 4. The molecule has 0 aliphatic heterocycles. The van der Waals surface area contributed by atoms with E-state index in [1.807, 2.05) is 73.1 Å². The summed E-state index contributed by atoms with van der Waals surface area (Å²) in [7, 11) is 1.60. The average molecular weight is 350 g/mol. The summed E-state index contributed by atoms with van der Waals surface area (Å²) in [6, 6.07) is 17.3. The van der Waals surface area contributed by atoms with Crippen molar-refractivity contribution in [1.82, 2.24) is 9.78 Å². The van der Waals surface area contributed by atoms with Gasteiger partial charge in [0.05, 0.1) is 42.1 Å². The lowest BCUT2D eigenvalue weighted by atomic mass is 10.2. The van der Waals surface area contributed by atoms with Crippen LogP contribution in [0.4, 0.5) is 11.4 Å². The van der Waals surface area contributed by atoms with Crippen molar-refractivity contribution < 1.29 is 9.53 Å². The van der Waals surface area contributed by atoms with E-state index in [9.17, 15) is 4.79 Å². The van der Waals surface area contributed by atoms with Crippen LogP contribution in [0.15, 0.2) is 54.6 Å². The smallest absolute Gasteiger partial charge is 0.243 e. The van der Waals surface area contributed by atoms with Crippen LogP contribution in [0.25, 0.3) is 5.69 Å². The van der Waals surface area contributed by atoms with Gasteiger partial charge in [-0.25, -0.2) is 4.68 Å². The highest BCUT2D eigenvalue weighted by molar-refractivity contribution is 5.95. The molecule has 0 spiro atoms. The van der Waals surface area contributed by atoms with Crippen LogP contribution >= 0.6 is 0 Å². The second kappa shape index (κ2) is 7.74. The molecule has 0 fully saturated rings. The molecule has 2 aromatic carbocycles. The Morgan fingerprint density at radius 2 is 1.77 bits per heavy atom. The molecule has 1 heterocycles. The summed E-state index contributed by atoms with van der Waals surface area (Å²) < 4.78 is 7.11. The van der Waals surface area contributed by atoms with E-state index in [1.165, 1.54) is 0 Å². The Morgan fingerprint density at radius 1 is 1.08 bits per heavy atom. The number of carbonyl (C=O) groups excluding carboxylic acids is 1. The number of methoxy groups -OCH3 is 1. The first-order valence-electron chi connectivity index (χ1n) is 8.38. The standard InChI is InChI=1S/C20H22N4O2/c1-14-20(15(2)24(23-14)16-9-5-4-6-10-16)22-19(25)13-21-17-11-7-8-12-18(17)26-3/h4-12,21H,13H2,1-3H3,(H,22,25). The highest BCUT2D eigenvalue weighted by atomic mass is 16.5. The fourth-order valence-electron chi connectivity index (χ4n) is 2.79. The molecule has 134 valence electrons. The van der Waals surface area contributed by atoms with E-state index in [1.54, 1.807) is 7.11 Å². The van der Waals surface area contributed by atoms with Gasteiger partial charge in [0.15, 0.2) is 0 Å². The van der Waals surface area contributed by atoms with Gasteiger partial charge in [-0.3, -0.25) is 4.79 Å². The Bertz CT molecular complexity index is 903. The van der Waals surface area contributed by atoms with Crippen LogP contribution in [-0.4, -0.2) is 29.3 Å². The van der Waals surface area contributed by atoms with E-state index >= 15 is 0 Å². The molecular weight excluding hydrogens is 328 g/mol. The van der Waals surface area contributed by atoms with Gasteiger partial charge in [0, 0.05) is 0 Å². The van der Waals surface area contributed by atoms with Gasteiger partial charge in [-0.2, -0.15) is 5.10 Å². The number of nitrogens with one attached hydrogen (secondary N) is 2. The van der Waals surface area contributed by atoms with Gasteiger partial charge in [0.25, 0.3) is 0 Å². The Balaban J connectivity index is 1.71. The minimum Gasteiger partial charge on any atom is -0.495 e. The summed E-state index contributed by atoms with van der Waals surface area (Å²) in [5, 5.41) is 10.6. The van der Waals surface area contributed by atoms with Crippen LogP contribution in [0, 0.1) is 13.8 Å². The van der Waals surface area contributed by atoms with Crippen LogP contribution in [0.2, 0.25) is 0 Å². The second-order valence-corrected chi connectivity index (χ2v) is 5.90. The maximum Gasteiger partial charge on any atom is 0.243 e. The van der Waals surface area contributed by atoms with Gasteiger partial charge in [0.1, 0.15) is 5.75 Å². The molecular formula is C20H22N4O2. The number of amides is 1. The first-order valence-corrected chi connectivity index (χ1v) is 8.38. The molecule has 0 radical (unpaired) electrons. The number of hydrogen-bond donors (Lipinski definition) is 2. The molecule has 1 amide bonds. The summed E-state index contributed by atoms with van der Waals surface area (Å²) >= 11 is 0. The van der Waals surface area contributed by atoms with E-state index in [0.717, 1.165) is 28.5 Å². The molecule has 1 aromatic heterocycles. The number of para-hydroxylation sites is 3. The Labute approximate surface area is 152 Å². The first kappa shape index (κ1) is 17.5. The molecule has 0 bridgehead atoms. The minimum absolute atomic E-state index is 0.135. The van der Waals surface area contributed by atoms with Crippen molar-refractivity contribution in [3.05, 3.63) is 66.0 Å². The number of nitrogens with zero attached hydrogens (tertiary/aromatic N) is 2. The fraction of sp³-hybridized carbons (Fsp3) is 0.200. The van der Waals surface area contributed by atoms with Gasteiger partial charge in [-0.15, -0.1) is 0 Å². The van der Waals surface area contributed by atoms with Crippen LogP contribution in [0.1, 0.15) is 11.4 Å². The van der Waals surface area contributed by atoms with E-state index in [2.05, 4.69) is 15.7 Å². The van der Waals surface area contributed by atoms with Gasteiger partial charge in [-0.1, -0.05) is 30.3 Å². The zero-order valence-electron chi connectivity index (χ0n) is 15.1. The SMILES string of the molecule is COc1ccccc1NCC(=O)Nc1c(C)nn(-c2ccccc2)c1C. The molecule has 3 rings (SSSR count). The van der Waals surface area contributed by atoms with Crippen molar-refractivity contribution in [2.24, 2.45) is 0 Å². The van der Waals surface area contributed by atoms with Crippen molar-refractivity contribution in [2.75, 3.05) is 24.3 Å². The average Bonchev–Trinajstić information content (AvgIpc) is 2.95. The predicted octanol–water partition coefficient (Wildman–Crippen LogP) is 3.55. The lowest BCUT2D eigenvalue weighted by Gasteiger charge is -2.11. The normalized spacial score (nSPS) is 10.4. The lowest BCUT2D eigenvalue weighted by Crippen LogP contribution is -2.22. The van der Waals surface area contributed by atoms with Crippen molar-refractivity contribution >= 4 is 17.3 Å². The zero-order valence-corrected chi connectivity index (χ0v) is 15.1. The minimum atomic E-state index is -0.144. The van der Waals surface area contributed by atoms with E-state index < -0.39 is 0 Å². The van der Waals surface area contributed by atoms with E-state index in [4.69, 9.17) is 4.74 Å². The van der Waals surface area contributed by atoms with Gasteiger partial charge in [0.2, 0.25) is 5.91 Å². The number of anilines is 2. The van der Waals surface area contributed by atoms with Crippen molar-refractivity contribution in [2.45, 2.75) is 13.8 Å². The summed E-state index contributed by atoms with van der Waals surface area (Å²) in [5.41, 5.74) is 4.14. The molecule has 3 aromatic rings. The van der Waals surface area contributed by atoms with Gasteiger partial charge < -0.3 is 15.4 Å². The third kappa shape index (κ3) is 3.69. The maximum absolute atomic E-state index is 12.4. The number of carbonyl (C=O) groups is 1. The molecule has 2 N–H and O–H groups in total. The highest BCUT2D eigenvalue weighted by Gasteiger charge is 2.15. The van der Waals surface area contributed by atoms with E-state index in [0.29, 0.717) is 5.75 Å². The molecule has 0 saturated heterocycles. The molecule has 26 heavy (non-hydrogen) atoms. The summed E-state index contributed by atoms with van der Waals surface area (Å²) in [6.07, 6.45) is 0. The Hall–Kier alpha value is -3.28. The molecule has 6 nitrogen and oxygen atoms in total. The summed E-state index contributed by atoms with van der Waals surface area (Å²) in [4.78, 5) is 12.4. The van der Waals surface area contributed by atoms with Crippen molar-refractivity contribution in [3.63, 3.8) is 0 Å². The van der Waals surface area contributed by atoms with Crippen molar-refractivity contribution in [3.8, 4) is 11.4 Å². The summed E-state index contributed by atoms with van der Waals surface area (Å²) in [5.74, 6) is 0.555. The number of ether oxygens (including phenoxy) is 1. The molecule has 0 saturated carbocycles. The number of rotatable bonds is 6. The molecule has 0 aliphatic rings. The van der Waals surface area contributed by atoms with Crippen LogP contribution in [0.5, 0.6) is 5.75 Å². The van der Waals surface area contributed by atoms with Crippen LogP contribution in [0.3, 0.4) is 0 Å². The van der Waals surface area contributed by atoms with Crippen LogP contribution in [-0.2, 0) is 4.79 Å². The van der Waals surface area contributed by atoms with Crippen molar-refractivity contribution in [1.29, 1.82) is 0 Å². The number of aromatic nitrogens is 2. The Morgan fingerprint density at radius 3 is 2.50 bits per heavy atom. The number of benzene rings is 2. The third-order valence-electron chi connectivity index (χ3n) is 4.10. The quantitative estimate of drug-likeness (QED) is 0.713. The fourth-order valence-corrected chi connectivity index (χ4v) is 2.79. The summed E-state index contributed by atoms with van der Waals surface area (Å²) in [6.45, 7) is 3.96. The molecule has 0 aliphatic carbocycles. The maximum atomic E-state index is 12.4. The van der Waals surface area contributed by atoms with E-state index in [-0.39, 0.29) is 12.5 Å². The molecule has 0 unspecified atom stereocenters. The first-order chi connectivity index (χ1) is 12.6. The zero-order chi connectivity index (χ0) is 18.5. The largest absolute Gasteiger partial charge is 0.495 e. The van der Waals surface area contributed by atoms with Gasteiger partial charge >= 0.3 is 0 Å². The third-order valence-corrected chi connectivity index (χ3v) is 4.10. The predicted molar refractivity (Wildman–Crippen MR) is 103 cm³/mol. The Kier molecular flexibility index (Phi) is 5.22.